The second-order valence-corrected chi connectivity index (χ2v) is 6.65. The number of hydrogen-bond donors (Lipinski definition) is 1. The maximum Gasteiger partial charge on any atom is 0.416 e. The van der Waals surface area contributed by atoms with Crippen molar-refractivity contribution in [1.29, 1.82) is 5.26 Å². The first-order chi connectivity index (χ1) is 10.3. The van der Waals surface area contributed by atoms with Gasteiger partial charge in [0, 0.05) is 17.1 Å². The van der Waals surface area contributed by atoms with Crippen LogP contribution in [0.3, 0.4) is 0 Å². The lowest BCUT2D eigenvalue weighted by Crippen LogP contribution is -2.22. The minimum absolute atomic E-state index is 0.128. The van der Waals surface area contributed by atoms with Crippen LogP contribution >= 0.6 is 23.5 Å². The number of nitrogens with zero attached hydrogens (tertiary/aromatic N) is 1. The Morgan fingerprint density at radius 3 is 2.68 bits per heavy atom. The summed E-state index contributed by atoms with van der Waals surface area (Å²) in [4.78, 5) is 12.4. The topological polar surface area (TPSA) is 52.9 Å². The Labute approximate surface area is 135 Å². The number of nitrogens with one attached hydrogen (secondary N) is 1. The zero-order valence-corrected chi connectivity index (χ0v) is 13.7. The lowest BCUT2D eigenvalue weighted by molar-refractivity contribution is -0.137. The van der Waals surface area contributed by atoms with Gasteiger partial charge in [0.1, 0.15) is 0 Å². The molecule has 1 amide bonds. The fourth-order valence-corrected chi connectivity index (χ4v) is 2.59. The van der Waals surface area contributed by atoms with E-state index in [0.29, 0.717) is 10.6 Å². The minimum atomic E-state index is -4.47. The van der Waals surface area contributed by atoms with Gasteiger partial charge in [0.25, 0.3) is 0 Å². The zero-order valence-electron chi connectivity index (χ0n) is 12.0. The van der Waals surface area contributed by atoms with E-state index in [1.165, 1.54) is 29.6 Å². The third kappa shape index (κ3) is 5.46. The summed E-state index contributed by atoms with van der Waals surface area (Å²) in [7, 11) is 0. The molecule has 0 saturated carbocycles. The van der Waals surface area contributed by atoms with Gasteiger partial charge >= 0.3 is 6.18 Å². The molecule has 0 bridgehead atoms. The summed E-state index contributed by atoms with van der Waals surface area (Å²) in [6.45, 7) is 1.68. The highest BCUT2D eigenvalue weighted by atomic mass is 32.2. The molecule has 120 valence electrons. The lowest BCUT2D eigenvalue weighted by Gasteiger charge is -2.15. The molecule has 0 aliphatic heterocycles. The van der Waals surface area contributed by atoms with Crippen LogP contribution in [0.25, 0.3) is 0 Å². The Balaban J connectivity index is 3.06. The van der Waals surface area contributed by atoms with Gasteiger partial charge < -0.3 is 5.32 Å². The smallest absolute Gasteiger partial charge is 0.324 e. The van der Waals surface area contributed by atoms with E-state index in [1.54, 1.807) is 13.2 Å². The van der Waals surface area contributed by atoms with Crippen molar-refractivity contribution in [2.45, 2.75) is 29.7 Å². The molecule has 1 aromatic carbocycles. The number of thioether (sulfide) groups is 2. The van der Waals surface area contributed by atoms with E-state index in [9.17, 15) is 18.0 Å². The van der Waals surface area contributed by atoms with Crippen LogP contribution < -0.4 is 5.32 Å². The van der Waals surface area contributed by atoms with Gasteiger partial charge in [-0.2, -0.15) is 30.2 Å². The highest BCUT2D eigenvalue weighted by Crippen LogP contribution is 2.36. The number of alkyl halides is 3. The molecular formula is C14H15F3N2OS2. The van der Waals surface area contributed by atoms with Crippen LogP contribution in [0.2, 0.25) is 0 Å². The van der Waals surface area contributed by atoms with Gasteiger partial charge in [-0.25, -0.2) is 0 Å². The SMILES string of the molecule is CS[C@H](C)C(=O)Nc1cc(C(F)(F)F)ccc1SCCC#N. The molecule has 0 radical (unpaired) electrons. The van der Waals surface area contributed by atoms with Crippen LogP contribution in [-0.4, -0.2) is 23.2 Å². The van der Waals surface area contributed by atoms with E-state index >= 15 is 0 Å². The molecule has 1 atom stereocenters. The maximum atomic E-state index is 12.8. The van der Waals surface area contributed by atoms with Crippen molar-refractivity contribution in [3.05, 3.63) is 23.8 Å². The summed E-state index contributed by atoms with van der Waals surface area (Å²) in [6, 6.07) is 5.20. The van der Waals surface area contributed by atoms with Crippen LogP contribution in [0.1, 0.15) is 18.9 Å². The third-order valence-corrected chi connectivity index (χ3v) is 4.76. The molecule has 0 heterocycles. The minimum Gasteiger partial charge on any atom is -0.324 e. The fraction of sp³-hybridized carbons (Fsp3) is 0.429. The van der Waals surface area contributed by atoms with E-state index in [2.05, 4.69) is 5.32 Å². The quantitative estimate of drug-likeness (QED) is 0.611. The molecule has 0 unspecified atom stereocenters. The Kier molecular flexibility index (Phi) is 7.10. The molecule has 1 aromatic rings. The van der Waals surface area contributed by atoms with E-state index in [-0.39, 0.29) is 23.3 Å². The van der Waals surface area contributed by atoms with Crippen molar-refractivity contribution in [1.82, 2.24) is 0 Å². The van der Waals surface area contributed by atoms with Gasteiger partial charge in [-0.3, -0.25) is 4.79 Å². The summed E-state index contributed by atoms with van der Waals surface area (Å²) in [5.74, 6) is 0.0944. The van der Waals surface area contributed by atoms with Crippen LogP contribution in [0.4, 0.5) is 18.9 Å². The van der Waals surface area contributed by atoms with Crippen LogP contribution in [0.15, 0.2) is 23.1 Å². The van der Waals surface area contributed by atoms with Crippen molar-refractivity contribution in [3.63, 3.8) is 0 Å². The van der Waals surface area contributed by atoms with Gasteiger partial charge in [-0.05, 0) is 31.4 Å². The van der Waals surface area contributed by atoms with Gasteiger partial charge in [-0.1, -0.05) is 0 Å². The predicted octanol–water partition coefficient (Wildman–Crippen LogP) is 4.40. The molecule has 0 aliphatic carbocycles. The van der Waals surface area contributed by atoms with Gasteiger partial charge in [0.15, 0.2) is 0 Å². The summed E-state index contributed by atoms with van der Waals surface area (Å²) in [6.07, 6.45) is -2.44. The van der Waals surface area contributed by atoms with Gasteiger partial charge in [0.2, 0.25) is 5.91 Å². The summed E-state index contributed by atoms with van der Waals surface area (Å²) >= 11 is 2.55. The molecule has 1 rings (SSSR count). The highest BCUT2D eigenvalue weighted by molar-refractivity contribution is 8.00. The lowest BCUT2D eigenvalue weighted by atomic mass is 10.2. The maximum absolute atomic E-state index is 12.8. The molecular weight excluding hydrogens is 333 g/mol. The number of hydrogen-bond acceptors (Lipinski definition) is 4. The number of rotatable bonds is 6. The normalized spacial score (nSPS) is 12.5. The van der Waals surface area contributed by atoms with E-state index in [1.807, 2.05) is 6.07 Å². The van der Waals surface area contributed by atoms with E-state index in [4.69, 9.17) is 5.26 Å². The average Bonchev–Trinajstić information content (AvgIpc) is 2.46. The highest BCUT2D eigenvalue weighted by Gasteiger charge is 2.31. The van der Waals surface area contributed by atoms with Crippen molar-refractivity contribution < 1.29 is 18.0 Å². The average molecular weight is 348 g/mol. The third-order valence-electron chi connectivity index (χ3n) is 2.76. The molecule has 22 heavy (non-hydrogen) atoms. The second-order valence-electron chi connectivity index (χ2n) is 4.33. The summed E-state index contributed by atoms with van der Waals surface area (Å²) in [5, 5.41) is 10.7. The van der Waals surface area contributed by atoms with Crippen molar-refractivity contribution in [2.24, 2.45) is 0 Å². The number of benzene rings is 1. The standard InChI is InChI=1S/C14H15F3N2OS2/c1-9(21-2)13(20)19-11-8-10(14(15,16)17)4-5-12(11)22-7-3-6-18/h4-5,8-9H,3,7H2,1-2H3,(H,19,20)/t9-/m1/s1. The fourth-order valence-electron chi connectivity index (χ4n) is 1.48. The molecule has 0 aromatic heterocycles. The number of carbonyl (C=O) groups excluding carboxylic acids is 1. The van der Waals surface area contributed by atoms with Crippen molar-refractivity contribution >= 4 is 35.1 Å². The second kappa shape index (κ2) is 8.34. The van der Waals surface area contributed by atoms with Crippen LogP contribution in [0.5, 0.6) is 0 Å². The first kappa shape index (κ1) is 18.7. The monoisotopic (exact) mass is 348 g/mol. The summed E-state index contributed by atoms with van der Waals surface area (Å²) in [5.41, 5.74) is -0.687. The molecule has 0 spiro atoms. The van der Waals surface area contributed by atoms with Crippen molar-refractivity contribution in [3.8, 4) is 6.07 Å². The van der Waals surface area contributed by atoms with Crippen LogP contribution in [-0.2, 0) is 11.0 Å². The van der Waals surface area contributed by atoms with Gasteiger partial charge in [-0.15, -0.1) is 11.8 Å². The molecule has 0 saturated heterocycles. The Hall–Kier alpha value is -1.33. The summed E-state index contributed by atoms with van der Waals surface area (Å²) < 4.78 is 38.4. The molecule has 3 nitrogen and oxygen atoms in total. The van der Waals surface area contributed by atoms with E-state index in [0.717, 1.165) is 12.1 Å². The number of nitriles is 1. The molecule has 0 fully saturated rings. The first-order valence-electron chi connectivity index (χ1n) is 6.34. The number of amides is 1. The van der Waals surface area contributed by atoms with Crippen molar-refractivity contribution in [2.75, 3.05) is 17.3 Å². The number of carbonyl (C=O) groups is 1. The van der Waals surface area contributed by atoms with E-state index < -0.39 is 11.7 Å². The zero-order chi connectivity index (χ0) is 16.8. The van der Waals surface area contributed by atoms with Gasteiger partial charge in [0.05, 0.1) is 22.6 Å². The Morgan fingerprint density at radius 2 is 2.14 bits per heavy atom. The molecule has 8 heteroatoms. The molecule has 1 N–H and O–H groups in total. The molecule has 0 aliphatic rings. The number of anilines is 1. The predicted molar refractivity (Wildman–Crippen MR) is 84.0 cm³/mol. The Morgan fingerprint density at radius 1 is 1.45 bits per heavy atom. The number of halogens is 3. The van der Waals surface area contributed by atoms with Crippen LogP contribution in [0, 0.1) is 11.3 Å². The first-order valence-corrected chi connectivity index (χ1v) is 8.61. The largest absolute Gasteiger partial charge is 0.416 e. The Bertz CT molecular complexity index is 570.